The molecule has 2 aromatic rings. The number of ether oxygens (including phenoxy) is 1. The second-order valence-electron chi connectivity index (χ2n) is 5.42. The Bertz CT molecular complexity index is 868. The van der Waals surface area contributed by atoms with E-state index in [1.807, 2.05) is 6.07 Å². The maximum atomic E-state index is 12.0. The summed E-state index contributed by atoms with van der Waals surface area (Å²) in [6, 6.07) is 1.88. The molecule has 11 heteroatoms. The Hall–Kier alpha value is -1.17. The lowest BCUT2D eigenvalue weighted by molar-refractivity contribution is 0.223. The van der Waals surface area contributed by atoms with E-state index in [2.05, 4.69) is 46.8 Å². The van der Waals surface area contributed by atoms with Gasteiger partial charge in [0.15, 0.2) is 0 Å². The number of imidazole rings is 1. The molecule has 0 aromatic carbocycles. The molecule has 0 aliphatic carbocycles. The minimum absolute atomic E-state index is 0.175. The summed E-state index contributed by atoms with van der Waals surface area (Å²) in [6.45, 7) is 0.497. The standard InChI is InChI=1S/C13H15Br2N5O3S/c1-19(2)24(21,22)20-6-8(17-7-20)3-9-5-16-13(23-9)11-4-10(14)12(15)18-11/h4,6-7,9,18H,3,5H2,1-2H3/t9-/m0/s1. The summed E-state index contributed by atoms with van der Waals surface area (Å²) >= 11 is 6.78. The summed E-state index contributed by atoms with van der Waals surface area (Å²) in [5.41, 5.74) is 1.41. The van der Waals surface area contributed by atoms with Crippen LogP contribution in [0.25, 0.3) is 0 Å². The van der Waals surface area contributed by atoms with Crippen LogP contribution in [-0.4, -0.2) is 59.3 Å². The van der Waals surface area contributed by atoms with E-state index in [0.29, 0.717) is 24.6 Å². The van der Waals surface area contributed by atoms with E-state index in [-0.39, 0.29) is 6.10 Å². The first kappa shape index (κ1) is 17.6. The predicted molar refractivity (Wildman–Crippen MR) is 96.4 cm³/mol. The molecule has 3 rings (SSSR count). The normalized spacial score (nSPS) is 18.0. The Kier molecular flexibility index (Phi) is 4.87. The van der Waals surface area contributed by atoms with Crippen LogP contribution in [0.4, 0.5) is 0 Å². The summed E-state index contributed by atoms with van der Waals surface area (Å²) in [5, 5.41) is 0. The molecule has 0 spiro atoms. The van der Waals surface area contributed by atoms with E-state index in [4.69, 9.17) is 4.74 Å². The molecule has 1 aliphatic rings. The lowest BCUT2D eigenvalue weighted by atomic mass is 10.2. The fourth-order valence-electron chi connectivity index (χ4n) is 2.19. The predicted octanol–water partition coefficient (Wildman–Crippen LogP) is 1.78. The highest BCUT2D eigenvalue weighted by Gasteiger charge is 2.25. The number of nitrogens with zero attached hydrogens (tertiary/aromatic N) is 4. The fourth-order valence-corrected chi connectivity index (χ4v) is 3.64. The van der Waals surface area contributed by atoms with Crippen LogP contribution in [-0.2, 0) is 21.4 Å². The molecule has 8 nitrogen and oxygen atoms in total. The van der Waals surface area contributed by atoms with Crippen molar-refractivity contribution in [1.29, 1.82) is 0 Å². The number of hydrogen-bond donors (Lipinski definition) is 1. The van der Waals surface area contributed by atoms with E-state index in [1.54, 1.807) is 0 Å². The van der Waals surface area contributed by atoms with Gasteiger partial charge < -0.3 is 9.72 Å². The molecule has 0 saturated heterocycles. The van der Waals surface area contributed by atoms with Gasteiger partial charge in [-0.1, -0.05) is 0 Å². The van der Waals surface area contributed by atoms with Gasteiger partial charge in [-0.05, 0) is 37.9 Å². The zero-order valence-corrected chi connectivity index (χ0v) is 16.9. The second-order valence-corrected chi connectivity index (χ2v) is 9.11. The minimum atomic E-state index is -3.54. The van der Waals surface area contributed by atoms with E-state index in [0.717, 1.165) is 23.0 Å². The maximum absolute atomic E-state index is 12.0. The number of H-pyrrole nitrogens is 1. The van der Waals surface area contributed by atoms with Crippen molar-refractivity contribution in [1.82, 2.24) is 18.2 Å². The molecule has 1 aliphatic heterocycles. The lowest BCUT2D eigenvalue weighted by Crippen LogP contribution is -2.27. The highest BCUT2D eigenvalue weighted by atomic mass is 79.9. The van der Waals surface area contributed by atoms with Crippen molar-refractivity contribution in [2.75, 3.05) is 20.6 Å². The molecule has 0 bridgehead atoms. The van der Waals surface area contributed by atoms with Gasteiger partial charge in [0.25, 0.3) is 0 Å². The molecule has 24 heavy (non-hydrogen) atoms. The van der Waals surface area contributed by atoms with Crippen molar-refractivity contribution in [3.05, 3.63) is 39.1 Å². The third-order valence-corrected chi connectivity index (χ3v) is 6.89. The molecule has 3 heterocycles. The van der Waals surface area contributed by atoms with Gasteiger partial charge >= 0.3 is 10.2 Å². The van der Waals surface area contributed by atoms with Crippen molar-refractivity contribution in [2.24, 2.45) is 4.99 Å². The molecule has 1 N–H and O–H groups in total. The second kappa shape index (κ2) is 6.62. The van der Waals surface area contributed by atoms with Gasteiger partial charge in [-0.3, -0.25) is 0 Å². The summed E-state index contributed by atoms with van der Waals surface area (Å²) < 4.78 is 33.8. The molecule has 2 aromatic heterocycles. The van der Waals surface area contributed by atoms with Crippen LogP contribution < -0.4 is 0 Å². The van der Waals surface area contributed by atoms with E-state index < -0.39 is 10.2 Å². The summed E-state index contributed by atoms with van der Waals surface area (Å²) in [4.78, 5) is 11.6. The molecule has 1 atom stereocenters. The van der Waals surface area contributed by atoms with Crippen LogP contribution in [0.15, 0.2) is 32.7 Å². The number of aliphatic imine (C=N–C) groups is 1. The molecule has 0 saturated carbocycles. The topological polar surface area (TPSA) is 92.6 Å². The Morgan fingerprint density at radius 1 is 1.46 bits per heavy atom. The number of rotatable bonds is 5. The largest absolute Gasteiger partial charge is 0.471 e. The lowest BCUT2D eigenvalue weighted by Gasteiger charge is -2.11. The quantitative estimate of drug-likeness (QED) is 0.705. The van der Waals surface area contributed by atoms with Gasteiger partial charge in [-0.25, -0.2) is 13.9 Å². The first-order valence-corrected chi connectivity index (χ1v) is 9.97. The first-order chi connectivity index (χ1) is 11.3. The number of halogens is 2. The summed E-state index contributed by atoms with van der Waals surface area (Å²) in [7, 11) is -0.595. The highest BCUT2D eigenvalue weighted by Crippen LogP contribution is 2.25. The third-order valence-electron chi connectivity index (χ3n) is 3.45. The third kappa shape index (κ3) is 3.44. The van der Waals surface area contributed by atoms with Crippen molar-refractivity contribution < 1.29 is 13.2 Å². The van der Waals surface area contributed by atoms with Crippen molar-refractivity contribution >= 4 is 48.0 Å². The van der Waals surface area contributed by atoms with Gasteiger partial charge in [-0.2, -0.15) is 12.7 Å². The van der Waals surface area contributed by atoms with Gasteiger partial charge in [0.2, 0.25) is 5.90 Å². The maximum Gasteiger partial charge on any atom is 0.308 e. The van der Waals surface area contributed by atoms with Gasteiger partial charge in [0, 0.05) is 26.7 Å². The van der Waals surface area contributed by atoms with Crippen molar-refractivity contribution in [3.63, 3.8) is 0 Å². The number of aromatic nitrogens is 3. The van der Waals surface area contributed by atoms with Crippen LogP contribution in [0.3, 0.4) is 0 Å². The molecule has 0 radical (unpaired) electrons. The number of aromatic amines is 1. The average Bonchev–Trinajstić information content (AvgIpc) is 3.21. The summed E-state index contributed by atoms with van der Waals surface area (Å²) in [5.74, 6) is 0.534. The van der Waals surface area contributed by atoms with E-state index in [9.17, 15) is 8.42 Å². The minimum Gasteiger partial charge on any atom is -0.471 e. The molecule has 130 valence electrons. The molecular formula is C13H15Br2N5O3S. The van der Waals surface area contributed by atoms with Crippen molar-refractivity contribution in [3.8, 4) is 0 Å². The van der Waals surface area contributed by atoms with Gasteiger partial charge in [0.05, 0.1) is 21.3 Å². The monoisotopic (exact) mass is 479 g/mol. The van der Waals surface area contributed by atoms with Crippen LogP contribution in [0.5, 0.6) is 0 Å². The molecular weight excluding hydrogens is 466 g/mol. The Labute approximate surface area is 156 Å². The van der Waals surface area contributed by atoms with Crippen LogP contribution in [0.1, 0.15) is 11.4 Å². The van der Waals surface area contributed by atoms with Crippen LogP contribution in [0.2, 0.25) is 0 Å². The fraction of sp³-hybridized carbons (Fsp3) is 0.385. The number of hydrogen-bond acceptors (Lipinski definition) is 5. The smallest absolute Gasteiger partial charge is 0.308 e. The highest BCUT2D eigenvalue weighted by molar-refractivity contribution is 9.13. The zero-order chi connectivity index (χ0) is 17.5. The SMILES string of the molecule is CN(C)S(=O)(=O)n1cnc(C[C@H]2CN=C(c3cc(Br)c(Br)[nH]3)O2)c1. The van der Waals surface area contributed by atoms with Gasteiger partial charge in [0.1, 0.15) is 18.1 Å². The molecule has 0 amide bonds. The van der Waals surface area contributed by atoms with Crippen LogP contribution in [0, 0.1) is 0 Å². The Balaban J connectivity index is 1.66. The summed E-state index contributed by atoms with van der Waals surface area (Å²) in [6.07, 6.45) is 3.09. The molecule has 0 unspecified atom stereocenters. The van der Waals surface area contributed by atoms with Crippen LogP contribution >= 0.6 is 31.9 Å². The molecule has 0 fully saturated rings. The van der Waals surface area contributed by atoms with E-state index in [1.165, 1.54) is 26.6 Å². The first-order valence-electron chi connectivity index (χ1n) is 6.98. The average molecular weight is 481 g/mol. The van der Waals surface area contributed by atoms with Gasteiger partial charge in [-0.15, -0.1) is 0 Å². The van der Waals surface area contributed by atoms with Crippen molar-refractivity contribution in [2.45, 2.75) is 12.5 Å². The Morgan fingerprint density at radius 2 is 2.21 bits per heavy atom. The zero-order valence-electron chi connectivity index (χ0n) is 12.9. The Morgan fingerprint density at radius 3 is 2.83 bits per heavy atom. The van der Waals surface area contributed by atoms with E-state index >= 15 is 0 Å². The number of nitrogens with one attached hydrogen (secondary N) is 1.